The lowest BCUT2D eigenvalue weighted by Crippen LogP contribution is -2.14. The minimum atomic E-state index is -0.0537. The van der Waals surface area contributed by atoms with E-state index in [4.69, 9.17) is 11.6 Å². The van der Waals surface area contributed by atoms with E-state index in [0.29, 0.717) is 16.5 Å². The minimum absolute atomic E-state index is 0.0537. The number of aromatic nitrogens is 1. The average Bonchev–Trinajstić information content (AvgIpc) is 2.43. The Hall–Kier alpha value is -0.790. The molecule has 0 aliphatic heterocycles. The fraction of sp³-hybridized carbons (Fsp3) is 0.143. The molecule has 1 aromatic carbocycles. The lowest BCUT2D eigenvalue weighted by molar-refractivity contribution is -0.113. The number of hydrogen-bond acceptors (Lipinski definition) is 3. The van der Waals surface area contributed by atoms with Crippen molar-refractivity contribution in [1.82, 2.24) is 4.98 Å². The van der Waals surface area contributed by atoms with Gasteiger partial charge in [0.15, 0.2) is 0 Å². The molecule has 2 aromatic rings. The van der Waals surface area contributed by atoms with Crippen molar-refractivity contribution in [2.45, 2.75) is 5.75 Å². The summed E-state index contributed by atoms with van der Waals surface area (Å²) in [6.07, 6.45) is 3.54. The molecule has 0 bridgehead atoms. The van der Waals surface area contributed by atoms with Crippen LogP contribution in [0.5, 0.6) is 0 Å². The lowest BCUT2D eigenvalue weighted by atomic mass is 10.3. The van der Waals surface area contributed by atoms with E-state index in [0.717, 1.165) is 14.9 Å². The van der Waals surface area contributed by atoms with E-state index in [2.05, 4.69) is 32.9 Å². The van der Waals surface area contributed by atoms with Crippen LogP contribution in [0.4, 0.5) is 5.69 Å². The number of pyridine rings is 1. The third-order valence-corrected chi connectivity index (χ3v) is 4.42. The number of rotatable bonds is 5. The average molecular weight is 419 g/mol. The summed E-state index contributed by atoms with van der Waals surface area (Å²) < 4.78 is 1.04. The third-order valence-electron chi connectivity index (χ3n) is 2.43. The van der Waals surface area contributed by atoms with Crippen LogP contribution in [0, 0.1) is 3.57 Å². The number of benzene rings is 1. The van der Waals surface area contributed by atoms with E-state index in [9.17, 15) is 4.79 Å². The second kappa shape index (κ2) is 7.85. The summed E-state index contributed by atoms with van der Waals surface area (Å²) in [5, 5.41) is 3.37. The number of anilines is 1. The van der Waals surface area contributed by atoms with Gasteiger partial charge < -0.3 is 5.32 Å². The third kappa shape index (κ3) is 4.96. The van der Waals surface area contributed by atoms with Crippen molar-refractivity contribution in [3.05, 3.63) is 56.9 Å². The normalized spacial score (nSPS) is 10.3. The first-order chi connectivity index (χ1) is 9.65. The van der Waals surface area contributed by atoms with Crippen LogP contribution in [0.15, 0.2) is 42.7 Å². The minimum Gasteiger partial charge on any atom is -0.324 e. The van der Waals surface area contributed by atoms with Gasteiger partial charge in [-0.05, 0) is 52.4 Å². The Morgan fingerprint density at radius 3 is 2.95 bits per heavy atom. The van der Waals surface area contributed by atoms with Gasteiger partial charge in [-0.25, -0.2) is 0 Å². The van der Waals surface area contributed by atoms with E-state index in [-0.39, 0.29) is 5.91 Å². The Balaban J connectivity index is 1.81. The number of nitrogens with zero attached hydrogens (tertiary/aromatic N) is 1. The highest BCUT2D eigenvalue weighted by atomic mass is 127. The van der Waals surface area contributed by atoms with Gasteiger partial charge in [-0.2, -0.15) is 0 Å². The zero-order chi connectivity index (χ0) is 14.4. The van der Waals surface area contributed by atoms with Gasteiger partial charge in [0.25, 0.3) is 0 Å². The zero-order valence-corrected chi connectivity index (χ0v) is 14.2. The summed E-state index contributed by atoms with van der Waals surface area (Å²) in [4.78, 5) is 15.9. The number of halogens is 2. The Morgan fingerprint density at radius 2 is 2.25 bits per heavy atom. The molecule has 6 heteroatoms. The maximum atomic E-state index is 11.8. The lowest BCUT2D eigenvalue weighted by Gasteiger charge is -2.07. The fourth-order valence-electron chi connectivity index (χ4n) is 1.52. The maximum Gasteiger partial charge on any atom is 0.234 e. The fourth-order valence-corrected chi connectivity index (χ4v) is 3.19. The molecule has 0 atom stereocenters. The molecular formula is C14H12ClIN2OS. The SMILES string of the molecule is O=C(CSCc1cccnc1)Nc1ccc(I)cc1Cl. The van der Waals surface area contributed by atoms with Crippen LogP contribution in [0.2, 0.25) is 5.02 Å². The van der Waals surface area contributed by atoms with Crippen molar-refractivity contribution in [1.29, 1.82) is 0 Å². The number of carbonyl (C=O) groups excluding carboxylic acids is 1. The number of thioether (sulfide) groups is 1. The second-order valence-electron chi connectivity index (χ2n) is 4.03. The van der Waals surface area contributed by atoms with E-state index in [1.54, 1.807) is 24.2 Å². The van der Waals surface area contributed by atoms with Crippen molar-refractivity contribution < 1.29 is 4.79 Å². The maximum absolute atomic E-state index is 11.8. The first-order valence-electron chi connectivity index (χ1n) is 5.86. The predicted molar refractivity (Wildman–Crippen MR) is 93.2 cm³/mol. The highest BCUT2D eigenvalue weighted by molar-refractivity contribution is 14.1. The molecule has 0 aliphatic carbocycles. The van der Waals surface area contributed by atoms with Crippen LogP contribution in [0.25, 0.3) is 0 Å². The van der Waals surface area contributed by atoms with Gasteiger partial charge in [-0.1, -0.05) is 17.7 Å². The van der Waals surface area contributed by atoms with Gasteiger partial charge >= 0.3 is 0 Å². The van der Waals surface area contributed by atoms with Gasteiger partial charge in [0.05, 0.1) is 16.5 Å². The van der Waals surface area contributed by atoms with Crippen LogP contribution in [0.3, 0.4) is 0 Å². The molecule has 104 valence electrons. The molecule has 0 saturated heterocycles. The van der Waals surface area contributed by atoms with E-state index < -0.39 is 0 Å². The van der Waals surface area contributed by atoms with Crippen LogP contribution < -0.4 is 5.32 Å². The molecule has 2 rings (SSSR count). The second-order valence-corrected chi connectivity index (χ2v) is 6.66. The van der Waals surface area contributed by atoms with Gasteiger partial charge in [-0.15, -0.1) is 11.8 Å². The van der Waals surface area contributed by atoms with Crippen molar-refractivity contribution in [2.24, 2.45) is 0 Å². The molecule has 0 aliphatic rings. The van der Waals surface area contributed by atoms with Crippen molar-refractivity contribution in [3.8, 4) is 0 Å². The molecule has 20 heavy (non-hydrogen) atoms. The molecule has 0 saturated carbocycles. The standard InChI is InChI=1S/C14H12ClIN2OS/c15-12-6-11(16)3-4-13(12)18-14(19)9-20-8-10-2-1-5-17-7-10/h1-7H,8-9H2,(H,18,19). The Morgan fingerprint density at radius 1 is 1.40 bits per heavy atom. The summed E-state index contributed by atoms with van der Waals surface area (Å²) in [6, 6.07) is 9.42. The van der Waals surface area contributed by atoms with Crippen LogP contribution >= 0.6 is 46.0 Å². The summed E-state index contributed by atoms with van der Waals surface area (Å²) in [5.74, 6) is 1.10. The smallest absolute Gasteiger partial charge is 0.234 e. The highest BCUT2D eigenvalue weighted by Crippen LogP contribution is 2.24. The molecule has 0 spiro atoms. The van der Waals surface area contributed by atoms with Gasteiger partial charge in [0.1, 0.15) is 0 Å². The number of nitrogens with one attached hydrogen (secondary N) is 1. The summed E-state index contributed by atoms with van der Waals surface area (Å²) in [6.45, 7) is 0. The molecule has 1 heterocycles. The van der Waals surface area contributed by atoms with Crippen molar-refractivity contribution in [3.63, 3.8) is 0 Å². The van der Waals surface area contributed by atoms with E-state index in [1.807, 2.05) is 30.3 Å². The Bertz CT molecular complexity index is 595. The molecular weight excluding hydrogens is 407 g/mol. The largest absolute Gasteiger partial charge is 0.324 e. The predicted octanol–water partition coefficient (Wildman–Crippen LogP) is 4.21. The van der Waals surface area contributed by atoms with E-state index >= 15 is 0 Å². The summed E-state index contributed by atoms with van der Waals surface area (Å²) in [7, 11) is 0. The van der Waals surface area contributed by atoms with Crippen molar-refractivity contribution >= 4 is 57.5 Å². The van der Waals surface area contributed by atoms with Crippen LogP contribution in [-0.2, 0) is 10.5 Å². The topological polar surface area (TPSA) is 42.0 Å². The summed E-state index contributed by atoms with van der Waals surface area (Å²) >= 11 is 9.79. The molecule has 1 amide bonds. The van der Waals surface area contributed by atoms with Crippen LogP contribution in [-0.4, -0.2) is 16.6 Å². The molecule has 3 nitrogen and oxygen atoms in total. The zero-order valence-electron chi connectivity index (χ0n) is 10.5. The highest BCUT2D eigenvalue weighted by Gasteiger charge is 2.06. The monoisotopic (exact) mass is 418 g/mol. The number of amides is 1. The summed E-state index contributed by atoms with van der Waals surface area (Å²) in [5.41, 5.74) is 1.76. The van der Waals surface area contributed by atoms with Crippen molar-refractivity contribution in [2.75, 3.05) is 11.1 Å². The van der Waals surface area contributed by atoms with Gasteiger partial charge in [0, 0.05) is 21.7 Å². The van der Waals surface area contributed by atoms with Gasteiger partial charge in [0.2, 0.25) is 5.91 Å². The molecule has 0 fully saturated rings. The molecule has 0 radical (unpaired) electrons. The number of carbonyl (C=O) groups is 1. The molecule has 1 aromatic heterocycles. The van der Waals surface area contributed by atoms with Gasteiger partial charge in [-0.3, -0.25) is 9.78 Å². The van der Waals surface area contributed by atoms with E-state index in [1.165, 1.54) is 0 Å². The quantitative estimate of drug-likeness (QED) is 0.740. The van der Waals surface area contributed by atoms with Crippen LogP contribution in [0.1, 0.15) is 5.56 Å². The number of hydrogen-bond donors (Lipinski definition) is 1. The first-order valence-corrected chi connectivity index (χ1v) is 8.48. The molecule has 0 unspecified atom stereocenters. The molecule has 1 N–H and O–H groups in total. The Labute approximate surface area is 140 Å². The Kier molecular flexibility index (Phi) is 6.12. The first kappa shape index (κ1) is 15.6.